The molecule has 1 saturated heterocycles. The molecule has 0 saturated carbocycles. The van der Waals surface area contributed by atoms with E-state index in [0.717, 1.165) is 25.1 Å². The number of likely N-dealkylation sites (tertiary alicyclic amines) is 1. The van der Waals surface area contributed by atoms with Gasteiger partial charge in [-0.15, -0.1) is 11.6 Å². The van der Waals surface area contributed by atoms with Crippen LogP contribution in [0.2, 0.25) is 0 Å². The molecule has 0 aromatic heterocycles. The summed E-state index contributed by atoms with van der Waals surface area (Å²) < 4.78 is 0. The lowest BCUT2D eigenvalue weighted by Gasteiger charge is -2.35. The number of alkyl halides is 1. The van der Waals surface area contributed by atoms with Crippen molar-refractivity contribution in [3.8, 4) is 0 Å². The lowest BCUT2D eigenvalue weighted by Crippen LogP contribution is -2.48. The third kappa shape index (κ3) is 3.71. The average molecular weight is 281 g/mol. The standard InChI is InChI=1S/C15H21ClN2O/c1-11-10-18(2)7-6-14(11)17-15(19)13-5-3-4-12(8-13)9-16/h3-5,8,11,14H,6-7,9-10H2,1-2H3,(H,17,19). The molecular weight excluding hydrogens is 260 g/mol. The van der Waals surface area contributed by atoms with E-state index in [1.165, 1.54) is 0 Å². The molecule has 4 heteroatoms. The number of hydrogen-bond acceptors (Lipinski definition) is 2. The molecule has 0 radical (unpaired) electrons. The van der Waals surface area contributed by atoms with Gasteiger partial charge in [-0.05, 0) is 43.6 Å². The van der Waals surface area contributed by atoms with Crippen LogP contribution in [0, 0.1) is 5.92 Å². The smallest absolute Gasteiger partial charge is 0.251 e. The maximum Gasteiger partial charge on any atom is 0.251 e. The Morgan fingerprint density at radius 3 is 3.00 bits per heavy atom. The molecule has 1 fully saturated rings. The van der Waals surface area contributed by atoms with Crippen molar-refractivity contribution in [2.45, 2.75) is 25.3 Å². The van der Waals surface area contributed by atoms with Gasteiger partial charge in [0.1, 0.15) is 0 Å². The number of amides is 1. The minimum atomic E-state index is 0.00775. The van der Waals surface area contributed by atoms with Crippen molar-refractivity contribution in [1.82, 2.24) is 10.2 Å². The SMILES string of the molecule is CC1CN(C)CCC1NC(=O)c1cccc(CCl)c1. The zero-order valence-corrected chi connectivity index (χ0v) is 12.3. The van der Waals surface area contributed by atoms with Gasteiger partial charge >= 0.3 is 0 Å². The van der Waals surface area contributed by atoms with Crippen LogP contribution in [0.5, 0.6) is 0 Å². The van der Waals surface area contributed by atoms with Gasteiger partial charge in [0.05, 0.1) is 0 Å². The van der Waals surface area contributed by atoms with Crippen molar-refractivity contribution in [2.24, 2.45) is 5.92 Å². The summed E-state index contributed by atoms with van der Waals surface area (Å²) in [4.78, 5) is 14.5. The van der Waals surface area contributed by atoms with Gasteiger partial charge in [0.15, 0.2) is 0 Å². The first-order chi connectivity index (χ1) is 9.10. The van der Waals surface area contributed by atoms with Crippen LogP contribution < -0.4 is 5.32 Å². The molecule has 2 atom stereocenters. The minimum Gasteiger partial charge on any atom is -0.349 e. The minimum absolute atomic E-state index is 0.00775. The van der Waals surface area contributed by atoms with E-state index in [1.807, 2.05) is 24.3 Å². The van der Waals surface area contributed by atoms with Crippen LogP contribution in [0.15, 0.2) is 24.3 Å². The van der Waals surface area contributed by atoms with Gasteiger partial charge in [-0.3, -0.25) is 4.79 Å². The molecule has 19 heavy (non-hydrogen) atoms. The molecule has 1 amide bonds. The first kappa shape index (κ1) is 14.4. The Morgan fingerprint density at radius 2 is 2.32 bits per heavy atom. The lowest BCUT2D eigenvalue weighted by atomic mass is 9.94. The summed E-state index contributed by atoms with van der Waals surface area (Å²) >= 11 is 5.80. The molecule has 0 aliphatic carbocycles. The van der Waals surface area contributed by atoms with Crippen LogP contribution in [-0.2, 0) is 5.88 Å². The quantitative estimate of drug-likeness (QED) is 0.863. The van der Waals surface area contributed by atoms with Crippen LogP contribution in [0.3, 0.4) is 0 Å². The summed E-state index contributed by atoms with van der Waals surface area (Å²) in [7, 11) is 2.12. The van der Waals surface area contributed by atoms with Crippen LogP contribution in [-0.4, -0.2) is 37.0 Å². The molecule has 1 aliphatic heterocycles. The number of halogens is 1. The highest BCUT2D eigenvalue weighted by molar-refractivity contribution is 6.17. The Hall–Kier alpha value is -1.06. The maximum absolute atomic E-state index is 12.2. The molecule has 2 rings (SSSR count). The van der Waals surface area contributed by atoms with Gasteiger partial charge in [-0.25, -0.2) is 0 Å². The van der Waals surface area contributed by atoms with E-state index >= 15 is 0 Å². The molecule has 1 aliphatic rings. The number of piperidine rings is 1. The van der Waals surface area contributed by atoms with Gasteiger partial charge in [0.2, 0.25) is 0 Å². The Bertz CT molecular complexity index is 450. The Kier molecular flexibility index (Phi) is 4.83. The largest absolute Gasteiger partial charge is 0.349 e. The summed E-state index contributed by atoms with van der Waals surface area (Å²) in [5.41, 5.74) is 1.68. The van der Waals surface area contributed by atoms with Crippen LogP contribution in [0.4, 0.5) is 0 Å². The van der Waals surface area contributed by atoms with Crippen LogP contribution in [0.1, 0.15) is 29.3 Å². The molecule has 1 N–H and O–H groups in total. The van der Waals surface area contributed by atoms with Crippen molar-refractivity contribution < 1.29 is 4.79 Å². The fourth-order valence-electron chi connectivity index (χ4n) is 2.62. The monoisotopic (exact) mass is 280 g/mol. The maximum atomic E-state index is 12.2. The number of nitrogens with one attached hydrogen (secondary N) is 1. The molecule has 0 bridgehead atoms. The number of rotatable bonds is 3. The van der Waals surface area contributed by atoms with Crippen LogP contribution >= 0.6 is 11.6 Å². The van der Waals surface area contributed by atoms with Gasteiger partial charge in [-0.2, -0.15) is 0 Å². The molecule has 3 nitrogen and oxygen atoms in total. The van der Waals surface area contributed by atoms with E-state index in [-0.39, 0.29) is 11.9 Å². The van der Waals surface area contributed by atoms with Crippen LogP contribution in [0.25, 0.3) is 0 Å². The first-order valence-corrected chi connectivity index (χ1v) is 7.28. The van der Waals surface area contributed by atoms with E-state index in [0.29, 0.717) is 17.4 Å². The molecular formula is C15H21ClN2O. The Morgan fingerprint density at radius 1 is 1.53 bits per heavy atom. The number of nitrogens with zero attached hydrogens (tertiary/aromatic N) is 1. The number of hydrogen-bond donors (Lipinski definition) is 1. The zero-order chi connectivity index (χ0) is 13.8. The van der Waals surface area contributed by atoms with E-state index in [9.17, 15) is 4.79 Å². The number of carbonyl (C=O) groups is 1. The number of carbonyl (C=O) groups excluding carboxylic acids is 1. The van der Waals surface area contributed by atoms with Crippen molar-refractivity contribution in [2.75, 3.05) is 20.1 Å². The average Bonchev–Trinajstić information content (AvgIpc) is 2.42. The molecule has 1 aromatic rings. The summed E-state index contributed by atoms with van der Waals surface area (Å²) in [5, 5.41) is 3.15. The number of benzene rings is 1. The zero-order valence-electron chi connectivity index (χ0n) is 11.5. The highest BCUT2D eigenvalue weighted by atomic mass is 35.5. The summed E-state index contributed by atoms with van der Waals surface area (Å²) in [6.45, 7) is 4.26. The predicted octanol–water partition coefficient (Wildman–Crippen LogP) is 2.50. The van der Waals surface area contributed by atoms with E-state index in [1.54, 1.807) is 0 Å². The van der Waals surface area contributed by atoms with Gasteiger partial charge in [0.25, 0.3) is 5.91 Å². The Balaban J connectivity index is 2.00. The Labute approximate surface area is 119 Å². The lowest BCUT2D eigenvalue weighted by molar-refractivity contribution is 0.0884. The fourth-order valence-corrected chi connectivity index (χ4v) is 2.78. The van der Waals surface area contributed by atoms with Crippen molar-refractivity contribution in [3.63, 3.8) is 0 Å². The summed E-state index contributed by atoms with van der Waals surface area (Å²) in [5.74, 6) is 0.929. The molecule has 2 unspecified atom stereocenters. The van der Waals surface area contributed by atoms with Gasteiger partial charge < -0.3 is 10.2 Å². The second-order valence-corrected chi connectivity index (χ2v) is 5.71. The summed E-state index contributed by atoms with van der Waals surface area (Å²) in [6.07, 6.45) is 1.01. The van der Waals surface area contributed by atoms with E-state index in [4.69, 9.17) is 11.6 Å². The van der Waals surface area contributed by atoms with Gasteiger partial charge in [-0.1, -0.05) is 19.1 Å². The third-order valence-corrected chi connectivity index (χ3v) is 4.08. The highest BCUT2D eigenvalue weighted by Gasteiger charge is 2.25. The normalized spacial score (nSPS) is 24.2. The van der Waals surface area contributed by atoms with Crippen molar-refractivity contribution >= 4 is 17.5 Å². The highest BCUT2D eigenvalue weighted by Crippen LogP contribution is 2.16. The van der Waals surface area contributed by atoms with Crippen molar-refractivity contribution in [1.29, 1.82) is 0 Å². The predicted molar refractivity (Wildman–Crippen MR) is 78.5 cm³/mol. The fraction of sp³-hybridized carbons (Fsp3) is 0.533. The molecule has 0 spiro atoms. The molecule has 1 heterocycles. The van der Waals surface area contributed by atoms with E-state index in [2.05, 4.69) is 24.2 Å². The third-order valence-electron chi connectivity index (χ3n) is 3.77. The molecule has 1 aromatic carbocycles. The summed E-state index contributed by atoms with van der Waals surface area (Å²) in [6, 6.07) is 7.78. The first-order valence-electron chi connectivity index (χ1n) is 6.74. The van der Waals surface area contributed by atoms with Gasteiger partial charge in [0, 0.05) is 24.0 Å². The van der Waals surface area contributed by atoms with E-state index < -0.39 is 0 Å². The second kappa shape index (κ2) is 6.40. The topological polar surface area (TPSA) is 32.3 Å². The second-order valence-electron chi connectivity index (χ2n) is 5.44. The van der Waals surface area contributed by atoms with Crippen molar-refractivity contribution in [3.05, 3.63) is 35.4 Å². The molecule has 104 valence electrons.